The van der Waals surface area contributed by atoms with Crippen molar-refractivity contribution in [2.75, 3.05) is 0 Å². The van der Waals surface area contributed by atoms with Crippen LogP contribution < -0.4 is 0 Å². The van der Waals surface area contributed by atoms with Crippen LogP contribution in [-0.2, 0) is 0 Å². The molecular formula is C57H36N4. The molecule has 12 rings (SSSR count). The van der Waals surface area contributed by atoms with Gasteiger partial charge in [-0.3, -0.25) is 0 Å². The monoisotopic (exact) mass is 776 g/mol. The summed E-state index contributed by atoms with van der Waals surface area (Å²) in [4.78, 5) is 16.0. The average Bonchev–Trinajstić information content (AvgIpc) is 3.67. The maximum atomic E-state index is 5.39. The smallest absolute Gasteiger partial charge is 0.165 e. The number of hydrogen-bond acceptors (Lipinski definition) is 3. The van der Waals surface area contributed by atoms with Crippen molar-refractivity contribution in [2.45, 2.75) is 0 Å². The topological polar surface area (TPSA) is 43.6 Å². The third-order valence-electron chi connectivity index (χ3n) is 12.0. The first-order valence-electron chi connectivity index (χ1n) is 20.7. The highest BCUT2D eigenvalue weighted by molar-refractivity contribution is 6.19. The summed E-state index contributed by atoms with van der Waals surface area (Å²) in [6, 6.07) is 77.5. The molecular weight excluding hydrogens is 741 g/mol. The fraction of sp³-hybridized carbons (Fsp3) is 0. The van der Waals surface area contributed by atoms with Crippen LogP contribution in [0.25, 0.3) is 116 Å². The van der Waals surface area contributed by atoms with Crippen molar-refractivity contribution in [3.8, 4) is 62.1 Å². The highest BCUT2D eigenvalue weighted by Crippen LogP contribution is 2.41. The van der Waals surface area contributed by atoms with Gasteiger partial charge in [0.15, 0.2) is 17.5 Å². The van der Waals surface area contributed by atoms with E-state index in [1.54, 1.807) is 0 Å². The van der Waals surface area contributed by atoms with Gasteiger partial charge in [0.25, 0.3) is 0 Å². The Morgan fingerprint density at radius 2 is 0.852 bits per heavy atom. The van der Waals surface area contributed by atoms with Crippen LogP contribution in [0.5, 0.6) is 0 Å². The van der Waals surface area contributed by atoms with Crippen molar-refractivity contribution in [3.05, 3.63) is 218 Å². The van der Waals surface area contributed by atoms with Gasteiger partial charge in [-0.25, -0.2) is 15.0 Å². The minimum absolute atomic E-state index is 0.621. The fourth-order valence-corrected chi connectivity index (χ4v) is 9.16. The molecule has 0 N–H and O–H groups in total. The van der Waals surface area contributed by atoms with Gasteiger partial charge in [-0.05, 0) is 84.9 Å². The molecule has 0 saturated heterocycles. The van der Waals surface area contributed by atoms with E-state index in [-0.39, 0.29) is 0 Å². The van der Waals surface area contributed by atoms with Gasteiger partial charge in [0, 0.05) is 33.2 Å². The van der Waals surface area contributed by atoms with E-state index in [4.69, 9.17) is 15.0 Å². The Morgan fingerprint density at radius 3 is 1.67 bits per heavy atom. The van der Waals surface area contributed by atoms with E-state index in [1.807, 2.05) is 6.07 Å². The maximum Gasteiger partial charge on any atom is 0.165 e. The van der Waals surface area contributed by atoms with Crippen LogP contribution in [0, 0.1) is 0 Å². The van der Waals surface area contributed by atoms with E-state index in [2.05, 4.69) is 217 Å². The van der Waals surface area contributed by atoms with Crippen molar-refractivity contribution >= 4 is 54.1 Å². The predicted octanol–water partition coefficient (Wildman–Crippen LogP) is 14.8. The van der Waals surface area contributed by atoms with Gasteiger partial charge >= 0.3 is 0 Å². The first kappa shape index (κ1) is 34.8. The zero-order valence-electron chi connectivity index (χ0n) is 33.1. The molecule has 0 aliphatic carbocycles. The van der Waals surface area contributed by atoms with Crippen molar-refractivity contribution in [3.63, 3.8) is 0 Å². The molecule has 284 valence electrons. The molecule has 12 aromatic rings. The molecule has 61 heavy (non-hydrogen) atoms. The Balaban J connectivity index is 1.05. The first-order chi connectivity index (χ1) is 30.2. The van der Waals surface area contributed by atoms with Gasteiger partial charge in [-0.15, -0.1) is 0 Å². The third kappa shape index (κ3) is 5.88. The molecule has 0 amide bonds. The summed E-state index contributed by atoms with van der Waals surface area (Å²) >= 11 is 0. The third-order valence-corrected chi connectivity index (χ3v) is 12.0. The zero-order valence-corrected chi connectivity index (χ0v) is 33.1. The van der Waals surface area contributed by atoms with Gasteiger partial charge in [-0.1, -0.05) is 188 Å². The molecule has 0 unspecified atom stereocenters. The fourth-order valence-electron chi connectivity index (χ4n) is 9.16. The molecule has 0 aliphatic heterocycles. The Labute approximate surface area is 352 Å². The van der Waals surface area contributed by atoms with Gasteiger partial charge in [0.2, 0.25) is 0 Å². The molecule has 0 saturated carbocycles. The Morgan fingerprint density at radius 1 is 0.279 bits per heavy atom. The van der Waals surface area contributed by atoms with Crippen LogP contribution in [0.3, 0.4) is 0 Å². The molecule has 2 heterocycles. The minimum Gasteiger partial charge on any atom is -0.309 e. The molecule has 0 bridgehead atoms. The lowest BCUT2D eigenvalue weighted by Gasteiger charge is -2.15. The Hall–Kier alpha value is -8.21. The van der Waals surface area contributed by atoms with Crippen molar-refractivity contribution in [1.82, 2.24) is 19.5 Å². The second-order valence-electron chi connectivity index (χ2n) is 15.6. The molecule has 0 fully saturated rings. The number of para-hydroxylation sites is 2. The van der Waals surface area contributed by atoms with Crippen molar-refractivity contribution in [1.29, 1.82) is 0 Å². The van der Waals surface area contributed by atoms with E-state index in [1.165, 1.54) is 38.0 Å². The highest BCUT2D eigenvalue weighted by Gasteiger charge is 2.20. The Kier molecular flexibility index (Phi) is 8.13. The lowest BCUT2D eigenvalue weighted by molar-refractivity contribution is 1.08. The summed E-state index contributed by atoms with van der Waals surface area (Å²) in [7, 11) is 0. The lowest BCUT2D eigenvalue weighted by Crippen LogP contribution is -2.02. The molecule has 4 nitrogen and oxygen atoms in total. The summed E-state index contributed by atoms with van der Waals surface area (Å²) in [6.45, 7) is 0. The van der Waals surface area contributed by atoms with E-state index in [0.717, 1.165) is 60.8 Å². The quantitative estimate of drug-likeness (QED) is 0.125. The maximum absolute atomic E-state index is 5.39. The summed E-state index contributed by atoms with van der Waals surface area (Å²) in [5.41, 5.74) is 10.8. The number of aromatic nitrogens is 4. The van der Waals surface area contributed by atoms with E-state index in [0.29, 0.717) is 17.5 Å². The summed E-state index contributed by atoms with van der Waals surface area (Å²) < 4.78 is 2.36. The SMILES string of the molecule is c1ccc(-c2ccccc2-c2nc(-c3ccc(-c4ccc5c6ccccc6n(-c6ccccc6)c5c4)cc3)nc(-c3c4ccccc4cc4c3ccc3ccccc34)n2)cc1. The number of benzene rings is 10. The van der Waals surface area contributed by atoms with Crippen LogP contribution in [-0.4, -0.2) is 19.5 Å². The molecule has 0 atom stereocenters. The molecule has 0 radical (unpaired) electrons. The van der Waals surface area contributed by atoms with Gasteiger partial charge in [0.1, 0.15) is 0 Å². The summed E-state index contributed by atoms with van der Waals surface area (Å²) in [6.07, 6.45) is 0. The second-order valence-corrected chi connectivity index (χ2v) is 15.6. The van der Waals surface area contributed by atoms with Crippen LogP contribution >= 0.6 is 0 Å². The van der Waals surface area contributed by atoms with Crippen molar-refractivity contribution in [2.24, 2.45) is 0 Å². The number of nitrogens with zero attached hydrogens (tertiary/aromatic N) is 4. The number of hydrogen-bond donors (Lipinski definition) is 0. The molecule has 2 aromatic heterocycles. The average molecular weight is 777 g/mol. The van der Waals surface area contributed by atoms with E-state index in [9.17, 15) is 0 Å². The van der Waals surface area contributed by atoms with Crippen molar-refractivity contribution < 1.29 is 0 Å². The van der Waals surface area contributed by atoms with Crippen LogP contribution in [0.4, 0.5) is 0 Å². The molecule has 0 aliphatic rings. The zero-order chi connectivity index (χ0) is 40.3. The second kappa shape index (κ2) is 14.3. The molecule has 0 spiro atoms. The van der Waals surface area contributed by atoms with Gasteiger partial charge in [0.05, 0.1) is 11.0 Å². The van der Waals surface area contributed by atoms with Crippen LogP contribution in [0.15, 0.2) is 218 Å². The number of fused-ring (bicyclic) bond motifs is 7. The normalized spacial score (nSPS) is 11.6. The van der Waals surface area contributed by atoms with E-state index < -0.39 is 0 Å². The highest BCUT2D eigenvalue weighted by atomic mass is 15.0. The van der Waals surface area contributed by atoms with Crippen LogP contribution in [0.1, 0.15) is 0 Å². The first-order valence-corrected chi connectivity index (χ1v) is 20.7. The summed E-state index contributed by atoms with van der Waals surface area (Å²) in [5.74, 6) is 1.89. The van der Waals surface area contributed by atoms with E-state index >= 15 is 0 Å². The lowest BCUT2D eigenvalue weighted by atomic mass is 9.93. The predicted molar refractivity (Wildman–Crippen MR) is 254 cm³/mol. The largest absolute Gasteiger partial charge is 0.309 e. The minimum atomic E-state index is 0.621. The van der Waals surface area contributed by atoms with Crippen LogP contribution in [0.2, 0.25) is 0 Å². The Bertz CT molecular complexity index is 3630. The summed E-state index contributed by atoms with van der Waals surface area (Å²) in [5, 5.41) is 9.40. The molecule has 4 heteroatoms. The van der Waals surface area contributed by atoms with Gasteiger partial charge < -0.3 is 4.57 Å². The number of rotatable bonds is 6. The standard InChI is InChI=1S/C57H36N4/c1-3-15-38(16-4-1)44-21-11-12-25-50(44)56-58-55(59-57(60-56)54-46-23-10-8-18-42(46)35-51-45-22-9-7-17-39(45)31-34-49(51)54)40-29-27-37(28-30-40)41-32-33-48-47-24-13-14-26-52(47)61(53(48)36-41)43-19-5-2-6-20-43/h1-36H. The van der Waals surface area contributed by atoms with Gasteiger partial charge in [-0.2, -0.15) is 0 Å². The molecule has 10 aromatic carbocycles.